The number of nitrogens with one attached hydrogen (secondary N) is 3. The Morgan fingerprint density at radius 1 is 1.50 bits per heavy atom. The third-order valence-corrected chi connectivity index (χ3v) is 3.31. The number of amides is 1. The fraction of sp³-hybridized carbons (Fsp3) is 0.538. The fourth-order valence-corrected chi connectivity index (χ4v) is 2.31. The van der Waals surface area contributed by atoms with Gasteiger partial charge in [-0.15, -0.1) is 0 Å². The highest BCUT2D eigenvalue weighted by molar-refractivity contribution is 5.81. The second-order valence-electron chi connectivity index (χ2n) is 4.81. The van der Waals surface area contributed by atoms with E-state index < -0.39 is 0 Å². The number of aromatic nitrogens is 1. The molecule has 5 nitrogen and oxygen atoms in total. The first-order chi connectivity index (χ1) is 8.58. The van der Waals surface area contributed by atoms with Gasteiger partial charge in [0.05, 0.1) is 6.04 Å². The molecule has 1 unspecified atom stereocenters. The average molecular weight is 249 g/mol. The Morgan fingerprint density at radius 3 is 2.89 bits per heavy atom. The lowest BCUT2D eigenvalue weighted by atomic mass is 10.1. The molecule has 2 heterocycles. The van der Waals surface area contributed by atoms with Crippen LogP contribution in [0.1, 0.15) is 29.7 Å². The topological polar surface area (TPSA) is 74.0 Å². The van der Waals surface area contributed by atoms with Crippen molar-refractivity contribution in [3.8, 4) is 0 Å². The van der Waals surface area contributed by atoms with Crippen molar-refractivity contribution < 1.29 is 4.79 Å². The van der Waals surface area contributed by atoms with Gasteiger partial charge in [0.25, 0.3) is 5.56 Å². The van der Waals surface area contributed by atoms with Crippen molar-refractivity contribution in [3.05, 3.63) is 33.2 Å². The molecule has 1 saturated heterocycles. The second-order valence-corrected chi connectivity index (χ2v) is 4.81. The summed E-state index contributed by atoms with van der Waals surface area (Å²) in [6.45, 7) is 4.91. The summed E-state index contributed by atoms with van der Waals surface area (Å²) in [7, 11) is 0. The lowest BCUT2D eigenvalue weighted by Crippen LogP contribution is -2.40. The normalized spacial score (nSPS) is 18.9. The predicted octanol–water partition coefficient (Wildman–Crippen LogP) is 0.360. The Hall–Kier alpha value is -1.62. The van der Waals surface area contributed by atoms with Crippen molar-refractivity contribution >= 4 is 5.91 Å². The third-order valence-electron chi connectivity index (χ3n) is 3.31. The van der Waals surface area contributed by atoms with Crippen molar-refractivity contribution in [3.63, 3.8) is 0 Å². The Kier molecular flexibility index (Phi) is 3.81. The molecule has 98 valence electrons. The van der Waals surface area contributed by atoms with Crippen LogP contribution in [0.15, 0.2) is 10.9 Å². The minimum atomic E-state index is -0.118. The van der Waals surface area contributed by atoms with E-state index in [4.69, 9.17) is 0 Å². The maximum Gasteiger partial charge on any atom is 0.253 e. The lowest BCUT2D eigenvalue weighted by Gasteiger charge is -2.12. The maximum atomic E-state index is 11.8. The largest absolute Gasteiger partial charge is 0.350 e. The number of rotatable bonds is 3. The first kappa shape index (κ1) is 12.8. The SMILES string of the molecule is Cc1cc(C)c(CNC(=O)C2CCCN2)c(=O)[nH]1. The van der Waals surface area contributed by atoms with Gasteiger partial charge < -0.3 is 15.6 Å². The van der Waals surface area contributed by atoms with Crippen LogP contribution in [0.25, 0.3) is 0 Å². The highest BCUT2D eigenvalue weighted by atomic mass is 16.2. The molecule has 0 aromatic carbocycles. The fourth-order valence-electron chi connectivity index (χ4n) is 2.31. The van der Waals surface area contributed by atoms with E-state index in [1.807, 2.05) is 19.9 Å². The summed E-state index contributed by atoms with van der Waals surface area (Å²) in [4.78, 5) is 26.3. The van der Waals surface area contributed by atoms with Gasteiger partial charge in [0, 0.05) is 17.8 Å². The number of hydrogen-bond acceptors (Lipinski definition) is 3. The van der Waals surface area contributed by atoms with Gasteiger partial charge in [-0.25, -0.2) is 0 Å². The summed E-state index contributed by atoms with van der Waals surface area (Å²) in [5, 5.41) is 5.95. The predicted molar refractivity (Wildman–Crippen MR) is 69.4 cm³/mol. The number of carbonyl (C=O) groups is 1. The van der Waals surface area contributed by atoms with Crippen molar-refractivity contribution in [1.82, 2.24) is 15.6 Å². The highest BCUT2D eigenvalue weighted by Crippen LogP contribution is 2.06. The Labute approximate surface area is 106 Å². The molecule has 1 aliphatic rings. The summed E-state index contributed by atoms with van der Waals surface area (Å²) in [5.41, 5.74) is 2.26. The molecule has 3 N–H and O–H groups in total. The average Bonchev–Trinajstić information content (AvgIpc) is 2.80. The Bertz CT molecular complexity index is 501. The van der Waals surface area contributed by atoms with Crippen LogP contribution in [-0.4, -0.2) is 23.5 Å². The van der Waals surface area contributed by atoms with E-state index in [-0.39, 0.29) is 17.5 Å². The van der Waals surface area contributed by atoms with Gasteiger partial charge in [-0.3, -0.25) is 9.59 Å². The van der Waals surface area contributed by atoms with Gasteiger partial charge in [-0.1, -0.05) is 0 Å². The quantitative estimate of drug-likeness (QED) is 0.724. The lowest BCUT2D eigenvalue weighted by molar-refractivity contribution is -0.122. The molecule has 0 bridgehead atoms. The summed E-state index contributed by atoms with van der Waals surface area (Å²) in [6.07, 6.45) is 1.90. The minimum Gasteiger partial charge on any atom is -0.350 e. The van der Waals surface area contributed by atoms with Crippen LogP contribution >= 0.6 is 0 Å². The number of aromatic amines is 1. The van der Waals surface area contributed by atoms with Gasteiger partial charge in [0.15, 0.2) is 0 Å². The van der Waals surface area contributed by atoms with Crippen LogP contribution in [-0.2, 0) is 11.3 Å². The Morgan fingerprint density at radius 2 is 2.28 bits per heavy atom. The molecule has 1 aromatic rings. The molecule has 1 fully saturated rings. The molecule has 1 aliphatic heterocycles. The zero-order chi connectivity index (χ0) is 13.1. The van der Waals surface area contributed by atoms with E-state index in [0.717, 1.165) is 30.6 Å². The number of carbonyl (C=O) groups excluding carboxylic acids is 1. The van der Waals surface area contributed by atoms with Crippen molar-refractivity contribution in [2.75, 3.05) is 6.54 Å². The zero-order valence-corrected chi connectivity index (χ0v) is 10.8. The number of H-pyrrole nitrogens is 1. The van der Waals surface area contributed by atoms with Crippen molar-refractivity contribution in [1.29, 1.82) is 0 Å². The van der Waals surface area contributed by atoms with Crippen LogP contribution in [0.4, 0.5) is 0 Å². The molecule has 0 spiro atoms. The van der Waals surface area contributed by atoms with Gasteiger partial charge in [0.2, 0.25) is 5.91 Å². The number of pyridine rings is 1. The molecule has 5 heteroatoms. The van der Waals surface area contributed by atoms with Crippen LogP contribution in [0.3, 0.4) is 0 Å². The summed E-state index contributed by atoms with van der Waals surface area (Å²) < 4.78 is 0. The molecule has 0 radical (unpaired) electrons. The van der Waals surface area contributed by atoms with Gasteiger partial charge >= 0.3 is 0 Å². The first-order valence-electron chi connectivity index (χ1n) is 6.28. The number of aryl methyl sites for hydroxylation is 2. The Balaban J connectivity index is 2.02. The van der Waals surface area contributed by atoms with Crippen LogP contribution in [0.2, 0.25) is 0 Å². The molecular formula is C13H19N3O2. The van der Waals surface area contributed by atoms with E-state index in [9.17, 15) is 9.59 Å². The first-order valence-corrected chi connectivity index (χ1v) is 6.28. The monoisotopic (exact) mass is 249 g/mol. The van der Waals surface area contributed by atoms with Gasteiger partial charge in [0.1, 0.15) is 0 Å². The van der Waals surface area contributed by atoms with Crippen molar-refractivity contribution in [2.45, 2.75) is 39.3 Å². The van der Waals surface area contributed by atoms with E-state index in [0.29, 0.717) is 12.1 Å². The summed E-state index contributed by atoms with van der Waals surface area (Å²) >= 11 is 0. The molecule has 18 heavy (non-hydrogen) atoms. The summed E-state index contributed by atoms with van der Waals surface area (Å²) in [6, 6.07) is 1.81. The molecule has 0 saturated carbocycles. The van der Waals surface area contributed by atoms with Crippen LogP contribution in [0, 0.1) is 13.8 Å². The van der Waals surface area contributed by atoms with E-state index in [1.165, 1.54) is 0 Å². The summed E-state index contributed by atoms with van der Waals surface area (Å²) in [5.74, 6) is -0.0214. The third kappa shape index (κ3) is 2.79. The smallest absolute Gasteiger partial charge is 0.253 e. The van der Waals surface area contributed by atoms with Gasteiger partial charge in [-0.05, 0) is 44.9 Å². The van der Waals surface area contributed by atoms with E-state index >= 15 is 0 Å². The molecule has 1 amide bonds. The molecule has 1 aromatic heterocycles. The maximum absolute atomic E-state index is 11.8. The second kappa shape index (κ2) is 5.35. The standard InChI is InChI=1S/C13H19N3O2/c1-8-6-9(2)16-12(17)10(8)7-15-13(18)11-4-3-5-14-11/h6,11,14H,3-5,7H2,1-2H3,(H,15,18)(H,16,17). The minimum absolute atomic E-state index is 0.0214. The van der Waals surface area contributed by atoms with Crippen molar-refractivity contribution in [2.24, 2.45) is 0 Å². The molecule has 2 rings (SSSR count). The van der Waals surface area contributed by atoms with E-state index in [2.05, 4.69) is 15.6 Å². The highest BCUT2D eigenvalue weighted by Gasteiger charge is 2.21. The zero-order valence-electron chi connectivity index (χ0n) is 10.8. The number of hydrogen-bond donors (Lipinski definition) is 3. The van der Waals surface area contributed by atoms with Gasteiger partial charge in [-0.2, -0.15) is 0 Å². The molecular weight excluding hydrogens is 230 g/mol. The molecule has 1 atom stereocenters. The molecule has 0 aliphatic carbocycles. The van der Waals surface area contributed by atoms with E-state index in [1.54, 1.807) is 0 Å². The van der Waals surface area contributed by atoms with Crippen LogP contribution < -0.4 is 16.2 Å². The van der Waals surface area contributed by atoms with Crippen LogP contribution in [0.5, 0.6) is 0 Å².